The van der Waals surface area contributed by atoms with Crippen molar-refractivity contribution in [2.24, 2.45) is 11.8 Å². The van der Waals surface area contributed by atoms with Gasteiger partial charge in [0, 0.05) is 7.11 Å². The summed E-state index contributed by atoms with van der Waals surface area (Å²) in [5, 5.41) is 0. The van der Waals surface area contributed by atoms with Gasteiger partial charge in [-0.15, -0.1) is 0 Å². The maximum Gasteiger partial charge on any atom is 0.237 e. The normalized spacial score (nSPS) is 25.9. The SMILES string of the molecule is COCc1cccc(N2C(=O)C3CCCCC3C2=O)c1. The Bertz CT molecular complexity index is 516. The summed E-state index contributed by atoms with van der Waals surface area (Å²) in [7, 11) is 1.63. The molecule has 0 spiro atoms. The Morgan fingerprint density at radius 3 is 2.40 bits per heavy atom. The number of methoxy groups -OCH3 is 1. The molecule has 3 rings (SSSR count). The number of nitrogens with zero attached hydrogens (tertiary/aromatic N) is 1. The molecule has 1 saturated heterocycles. The summed E-state index contributed by atoms with van der Waals surface area (Å²) in [4.78, 5) is 26.4. The molecule has 1 aromatic rings. The zero-order valence-corrected chi connectivity index (χ0v) is 11.7. The lowest BCUT2D eigenvalue weighted by molar-refractivity contribution is -0.122. The number of hydrogen-bond acceptors (Lipinski definition) is 3. The Morgan fingerprint density at radius 1 is 1.15 bits per heavy atom. The molecule has 106 valence electrons. The van der Waals surface area contributed by atoms with Gasteiger partial charge in [0.05, 0.1) is 24.1 Å². The minimum Gasteiger partial charge on any atom is -0.380 e. The van der Waals surface area contributed by atoms with Gasteiger partial charge in [-0.05, 0) is 30.5 Å². The van der Waals surface area contributed by atoms with E-state index in [0.717, 1.165) is 31.2 Å². The van der Waals surface area contributed by atoms with Gasteiger partial charge in [0.15, 0.2) is 0 Å². The molecule has 0 N–H and O–H groups in total. The summed E-state index contributed by atoms with van der Waals surface area (Å²) >= 11 is 0. The Labute approximate surface area is 118 Å². The predicted molar refractivity (Wildman–Crippen MR) is 75.1 cm³/mol. The first-order valence-corrected chi connectivity index (χ1v) is 7.18. The fraction of sp³-hybridized carbons (Fsp3) is 0.500. The third kappa shape index (κ3) is 2.14. The summed E-state index contributed by atoms with van der Waals surface area (Å²) in [6.07, 6.45) is 3.81. The smallest absolute Gasteiger partial charge is 0.237 e. The molecule has 1 aliphatic carbocycles. The van der Waals surface area contributed by atoms with Crippen LogP contribution in [0.5, 0.6) is 0 Å². The molecule has 2 amide bonds. The largest absolute Gasteiger partial charge is 0.380 e. The second-order valence-corrected chi connectivity index (χ2v) is 5.61. The van der Waals surface area contributed by atoms with Crippen molar-refractivity contribution >= 4 is 17.5 Å². The van der Waals surface area contributed by atoms with Crippen molar-refractivity contribution in [1.82, 2.24) is 0 Å². The number of carbonyl (C=O) groups excluding carboxylic acids is 2. The molecule has 2 aliphatic rings. The molecule has 1 heterocycles. The second kappa shape index (κ2) is 5.37. The van der Waals surface area contributed by atoms with E-state index in [4.69, 9.17) is 4.74 Å². The maximum atomic E-state index is 12.5. The van der Waals surface area contributed by atoms with Crippen LogP contribution < -0.4 is 4.90 Å². The number of carbonyl (C=O) groups is 2. The standard InChI is InChI=1S/C16H19NO3/c1-20-10-11-5-4-6-12(9-11)17-15(18)13-7-2-3-8-14(13)16(17)19/h4-6,9,13-14H,2-3,7-8,10H2,1H3. The van der Waals surface area contributed by atoms with E-state index in [9.17, 15) is 9.59 Å². The molecule has 1 aliphatic heterocycles. The first kappa shape index (κ1) is 13.3. The molecular formula is C16H19NO3. The first-order valence-electron chi connectivity index (χ1n) is 7.18. The van der Waals surface area contributed by atoms with E-state index in [1.807, 2.05) is 24.3 Å². The van der Waals surface area contributed by atoms with E-state index in [1.54, 1.807) is 7.11 Å². The second-order valence-electron chi connectivity index (χ2n) is 5.61. The monoisotopic (exact) mass is 273 g/mol. The van der Waals surface area contributed by atoms with Crippen LogP contribution in [0.4, 0.5) is 5.69 Å². The van der Waals surface area contributed by atoms with E-state index in [2.05, 4.69) is 0 Å². The van der Waals surface area contributed by atoms with Gasteiger partial charge < -0.3 is 4.74 Å². The van der Waals surface area contributed by atoms with Crippen LogP contribution in [0.3, 0.4) is 0 Å². The van der Waals surface area contributed by atoms with E-state index < -0.39 is 0 Å². The van der Waals surface area contributed by atoms with Gasteiger partial charge in [-0.1, -0.05) is 25.0 Å². The molecule has 0 aromatic heterocycles. The van der Waals surface area contributed by atoms with Crippen molar-refractivity contribution < 1.29 is 14.3 Å². The molecule has 0 radical (unpaired) electrons. The lowest BCUT2D eigenvalue weighted by atomic mass is 9.81. The van der Waals surface area contributed by atoms with Crippen LogP contribution in [0.25, 0.3) is 0 Å². The highest BCUT2D eigenvalue weighted by molar-refractivity contribution is 6.22. The van der Waals surface area contributed by atoms with Crippen LogP contribution in [0.2, 0.25) is 0 Å². The average molecular weight is 273 g/mol. The summed E-state index contributed by atoms with van der Waals surface area (Å²) in [6, 6.07) is 7.50. The van der Waals surface area contributed by atoms with Crippen molar-refractivity contribution in [2.75, 3.05) is 12.0 Å². The number of fused-ring (bicyclic) bond motifs is 1. The van der Waals surface area contributed by atoms with Crippen LogP contribution in [0.15, 0.2) is 24.3 Å². The third-order valence-electron chi connectivity index (χ3n) is 4.32. The van der Waals surface area contributed by atoms with Gasteiger partial charge in [0.2, 0.25) is 11.8 Å². The minimum absolute atomic E-state index is 0.0192. The molecule has 2 fully saturated rings. The highest BCUT2D eigenvalue weighted by Gasteiger charge is 2.48. The predicted octanol–water partition coefficient (Wildman–Crippen LogP) is 2.51. The highest BCUT2D eigenvalue weighted by Crippen LogP contribution is 2.40. The van der Waals surface area contributed by atoms with E-state index in [0.29, 0.717) is 12.3 Å². The number of imide groups is 1. The number of anilines is 1. The molecule has 4 heteroatoms. The number of amides is 2. The highest BCUT2D eigenvalue weighted by atomic mass is 16.5. The van der Waals surface area contributed by atoms with Crippen LogP contribution in [0.1, 0.15) is 31.2 Å². The van der Waals surface area contributed by atoms with Gasteiger partial charge in [0.1, 0.15) is 0 Å². The number of hydrogen-bond donors (Lipinski definition) is 0. The Morgan fingerprint density at radius 2 is 1.80 bits per heavy atom. The number of rotatable bonds is 3. The Kier molecular flexibility index (Phi) is 3.57. The van der Waals surface area contributed by atoms with E-state index >= 15 is 0 Å². The van der Waals surface area contributed by atoms with Gasteiger partial charge in [-0.25, -0.2) is 0 Å². The topological polar surface area (TPSA) is 46.6 Å². The molecule has 4 nitrogen and oxygen atoms in total. The fourth-order valence-corrected chi connectivity index (χ4v) is 3.37. The molecule has 1 saturated carbocycles. The van der Waals surface area contributed by atoms with Crippen LogP contribution >= 0.6 is 0 Å². The quantitative estimate of drug-likeness (QED) is 0.795. The summed E-state index contributed by atoms with van der Waals surface area (Å²) in [6.45, 7) is 0.483. The molecular weight excluding hydrogens is 254 g/mol. The van der Waals surface area contributed by atoms with Crippen molar-refractivity contribution in [3.8, 4) is 0 Å². The van der Waals surface area contributed by atoms with E-state index in [-0.39, 0.29) is 23.7 Å². The van der Waals surface area contributed by atoms with Crippen LogP contribution in [0, 0.1) is 11.8 Å². The Hall–Kier alpha value is -1.68. The summed E-state index contributed by atoms with van der Waals surface area (Å²) in [5.41, 5.74) is 1.66. The van der Waals surface area contributed by atoms with Crippen molar-refractivity contribution in [3.05, 3.63) is 29.8 Å². The average Bonchev–Trinajstić information content (AvgIpc) is 2.72. The molecule has 1 aromatic carbocycles. The lowest BCUT2D eigenvalue weighted by Crippen LogP contribution is -2.30. The van der Waals surface area contributed by atoms with Crippen LogP contribution in [-0.4, -0.2) is 18.9 Å². The molecule has 2 atom stereocenters. The van der Waals surface area contributed by atoms with Gasteiger partial charge in [-0.3, -0.25) is 14.5 Å². The van der Waals surface area contributed by atoms with Gasteiger partial charge >= 0.3 is 0 Å². The fourth-order valence-electron chi connectivity index (χ4n) is 3.37. The molecule has 0 bridgehead atoms. The van der Waals surface area contributed by atoms with Crippen molar-refractivity contribution in [2.45, 2.75) is 32.3 Å². The summed E-state index contributed by atoms with van der Waals surface area (Å²) < 4.78 is 5.11. The molecule has 20 heavy (non-hydrogen) atoms. The van der Waals surface area contributed by atoms with Gasteiger partial charge in [-0.2, -0.15) is 0 Å². The number of benzene rings is 1. The molecule has 2 unspecified atom stereocenters. The van der Waals surface area contributed by atoms with E-state index in [1.165, 1.54) is 4.90 Å². The maximum absolute atomic E-state index is 12.5. The Balaban J connectivity index is 1.91. The summed E-state index contributed by atoms with van der Waals surface area (Å²) in [5.74, 6) is -0.229. The van der Waals surface area contributed by atoms with Crippen molar-refractivity contribution in [1.29, 1.82) is 0 Å². The van der Waals surface area contributed by atoms with Crippen molar-refractivity contribution in [3.63, 3.8) is 0 Å². The van der Waals surface area contributed by atoms with Gasteiger partial charge in [0.25, 0.3) is 0 Å². The zero-order chi connectivity index (χ0) is 14.1. The number of ether oxygens (including phenoxy) is 1. The lowest BCUT2D eigenvalue weighted by Gasteiger charge is -2.19. The third-order valence-corrected chi connectivity index (χ3v) is 4.32. The first-order chi connectivity index (χ1) is 9.72. The zero-order valence-electron chi connectivity index (χ0n) is 11.7. The minimum atomic E-state index is -0.0951. The van der Waals surface area contributed by atoms with Crippen LogP contribution in [-0.2, 0) is 20.9 Å².